The van der Waals surface area contributed by atoms with Crippen molar-refractivity contribution >= 4 is 16.9 Å². The fourth-order valence-electron chi connectivity index (χ4n) is 2.78. The van der Waals surface area contributed by atoms with Crippen LogP contribution in [0.4, 0.5) is 0 Å². The molecule has 5 heteroatoms. The molecule has 2 heterocycles. The minimum Gasteiger partial charge on any atom is -0.422 e. The topological polar surface area (TPSA) is 63.4 Å². The third kappa shape index (κ3) is 2.80. The molecule has 120 valence electrons. The number of aromatic nitrogens is 1. The molecule has 0 N–H and O–H groups in total. The summed E-state index contributed by atoms with van der Waals surface area (Å²) in [6.45, 7) is 0.399. The molecule has 2 aromatic heterocycles. The molecular weight excluding hydrogens is 304 g/mol. The Hall–Kier alpha value is -2.95. The van der Waals surface area contributed by atoms with Gasteiger partial charge in [0.1, 0.15) is 11.1 Å². The number of carbonyl (C=O) groups excluding carboxylic acids is 1. The van der Waals surface area contributed by atoms with Crippen LogP contribution in [0.5, 0.6) is 0 Å². The molecule has 1 aliphatic carbocycles. The summed E-state index contributed by atoms with van der Waals surface area (Å²) in [6.07, 6.45) is 3.62. The summed E-state index contributed by atoms with van der Waals surface area (Å²) in [5.41, 5.74) is 0.784. The molecule has 0 aliphatic heterocycles. The zero-order chi connectivity index (χ0) is 16.5. The van der Waals surface area contributed by atoms with Gasteiger partial charge in [0.15, 0.2) is 0 Å². The summed E-state index contributed by atoms with van der Waals surface area (Å²) in [5.74, 6) is -0.289. The number of nitrogens with zero attached hydrogens (tertiary/aromatic N) is 2. The molecule has 4 rings (SSSR count). The van der Waals surface area contributed by atoms with Gasteiger partial charge < -0.3 is 9.32 Å². The van der Waals surface area contributed by atoms with Crippen LogP contribution >= 0.6 is 0 Å². The first-order chi connectivity index (χ1) is 11.7. The van der Waals surface area contributed by atoms with Gasteiger partial charge >= 0.3 is 5.63 Å². The van der Waals surface area contributed by atoms with E-state index in [1.165, 1.54) is 0 Å². The first kappa shape index (κ1) is 14.6. The minimum absolute atomic E-state index is 0.0801. The van der Waals surface area contributed by atoms with Gasteiger partial charge in [-0.25, -0.2) is 4.79 Å². The van der Waals surface area contributed by atoms with Crippen molar-refractivity contribution in [3.63, 3.8) is 0 Å². The van der Waals surface area contributed by atoms with Crippen LogP contribution < -0.4 is 5.63 Å². The Bertz CT molecular complexity index is 945. The van der Waals surface area contributed by atoms with Crippen molar-refractivity contribution in [2.24, 2.45) is 0 Å². The molecule has 0 bridgehead atoms. The van der Waals surface area contributed by atoms with E-state index in [1.807, 2.05) is 30.3 Å². The van der Waals surface area contributed by atoms with Gasteiger partial charge in [-0.2, -0.15) is 0 Å². The summed E-state index contributed by atoms with van der Waals surface area (Å²) in [6, 6.07) is 14.6. The van der Waals surface area contributed by atoms with Crippen LogP contribution in [0.3, 0.4) is 0 Å². The lowest BCUT2D eigenvalue weighted by atomic mass is 10.1. The van der Waals surface area contributed by atoms with Crippen LogP contribution in [0.1, 0.15) is 28.9 Å². The fourth-order valence-corrected chi connectivity index (χ4v) is 2.78. The lowest BCUT2D eigenvalue weighted by molar-refractivity contribution is 0.0723. The quantitative estimate of drug-likeness (QED) is 0.693. The molecule has 1 fully saturated rings. The Morgan fingerprint density at radius 1 is 1.17 bits per heavy atom. The highest BCUT2D eigenvalue weighted by molar-refractivity contribution is 5.96. The molecule has 0 radical (unpaired) electrons. The predicted molar refractivity (Wildman–Crippen MR) is 89.6 cm³/mol. The second kappa shape index (κ2) is 5.92. The van der Waals surface area contributed by atoms with Crippen molar-refractivity contribution in [3.05, 3.63) is 76.4 Å². The normalized spacial score (nSPS) is 13.8. The maximum Gasteiger partial charge on any atom is 0.349 e. The Morgan fingerprint density at radius 2 is 1.96 bits per heavy atom. The number of hydrogen-bond acceptors (Lipinski definition) is 4. The van der Waals surface area contributed by atoms with Crippen LogP contribution in [-0.2, 0) is 6.54 Å². The third-order valence-corrected chi connectivity index (χ3v) is 4.18. The number of amides is 1. The molecule has 24 heavy (non-hydrogen) atoms. The molecular formula is C19H16N2O3. The van der Waals surface area contributed by atoms with E-state index in [0.29, 0.717) is 12.1 Å². The molecule has 1 aliphatic rings. The van der Waals surface area contributed by atoms with Gasteiger partial charge in [-0.3, -0.25) is 9.78 Å². The van der Waals surface area contributed by atoms with E-state index in [4.69, 9.17) is 4.42 Å². The third-order valence-electron chi connectivity index (χ3n) is 4.18. The van der Waals surface area contributed by atoms with Crippen LogP contribution in [0.25, 0.3) is 11.0 Å². The highest BCUT2D eigenvalue weighted by Gasteiger charge is 2.34. The van der Waals surface area contributed by atoms with E-state index in [2.05, 4.69) is 4.98 Å². The van der Waals surface area contributed by atoms with Crippen LogP contribution in [-0.4, -0.2) is 21.8 Å². The van der Waals surface area contributed by atoms with Gasteiger partial charge in [-0.15, -0.1) is 0 Å². The molecule has 1 amide bonds. The number of fused-ring (bicyclic) bond motifs is 1. The number of pyridine rings is 1. The Labute approximate surface area is 138 Å². The number of carbonyl (C=O) groups is 1. The maximum atomic E-state index is 12.9. The van der Waals surface area contributed by atoms with Gasteiger partial charge in [0, 0.05) is 17.6 Å². The SMILES string of the molecule is O=C(c1cc2ccccc2oc1=O)N(Cc1ccccn1)C1CC1. The molecule has 0 spiro atoms. The van der Waals surface area contributed by atoms with Crippen molar-refractivity contribution < 1.29 is 9.21 Å². The van der Waals surface area contributed by atoms with Crippen LogP contribution in [0.15, 0.2) is 63.9 Å². The monoisotopic (exact) mass is 320 g/mol. The molecule has 1 aromatic carbocycles. The smallest absolute Gasteiger partial charge is 0.349 e. The summed E-state index contributed by atoms with van der Waals surface area (Å²) < 4.78 is 5.30. The number of rotatable bonds is 4. The predicted octanol–water partition coefficient (Wildman–Crippen LogP) is 2.99. The number of hydrogen-bond donors (Lipinski definition) is 0. The van der Waals surface area contributed by atoms with Crippen molar-refractivity contribution in [3.8, 4) is 0 Å². The number of benzene rings is 1. The Balaban J connectivity index is 1.70. The largest absolute Gasteiger partial charge is 0.422 e. The Kier molecular flexibility index (Phi) is 3.61. The summed E-state index contributed by atoms with van der Waals surface area (Å²) in [4.78, 5) is 31.2. The number of para-hydroxylation sites is 1. The van der Waals surface area contributed by atoms with Gasteiger partial charge in [0.25, 0.3) is 5.91 Å². The standard InChI is InChI=1S/C19H16N2O3/c22-18(16-11-13-5-1-2-7-17(13)24-19(16)23)21(15-8-9-15)12-14-6-3-4-10-20-14/h1-7,10-11,15H,8-9,12H2. The molecule has 5 nitrogen and oxygen atoms in total. The van der Waals surface area contributed by atoms with E-state index in [0.717, 1.165) is 23.9 Å². The van der Waals surface area contributed by atoms with Gasteiger partial charge in [-0.05, 0) is 37.1 Å². The average Bonchev–Trinajstić information content (AvgIpc) is 3.44. The minimum atomic E-state index is -0.592. The molecule has 0 saturated heterocycles. The van der Waals surface area contributed by atoms with Gasteiger partial charge in [0.05, 0.1) is 12.2 Å². The molecule has 1 saturated carbocycles. The first-order valence-electron chi connectivity index (χ1n) is 7.96. The van der Waals surface area contributed by atoms with Gasteiger partial charge in [0.2, 0.25) is 0 Å². The van der Waals surface area contributed by atoms with E-state index >= 15 is 0 Å². The Morgan fingerprint density at radius 3 is 2.71 bits per heavy atom. The highest BCUT2D eigenvalue weighted by atomic mass is 16.4. The zero-order valence-electron chi connectivity index (χ0n) is 13.0. The molecule has 3 aromatic rings. The van der Waals surface area contributed by atoms with Crippen LogP contribution in [0.2, 0.25) is 0 Å². The second-order valence-corrected chi connectivity index (χ2v) is 5.97. The van der Waals surface area contributed by atoms with Gasteiger partial charge in [-0.1, -0.05) is 24.3 Å². The summed E-state index contributed by atoms with van der Waals surface area (Å²) in [5, 5.41) is 0.744. The summed E-state index contributed by atoms with van der Waals surface area (Å²) >= 11 is 0. The van der Waals surface area contributed by atoms with E-state index in [-0.39, 0.29) is 17.5 Å². The lowest BCUT2D eigenvalue weighted by Gasteiger charge is -2.21. The maximum absolute atomic E-state index is 12.9. The fraction of sp³-hybridized carbons (Fsp3) is 0.211. The van der Waals surface area contributed by atoms with Crippen molar-refractivity contribution in [2.75, 3.05) is 0 Å². The van der Waals surface area contributed by atoms with Crippen molar-refractivity contribution in [1.29, 1.82) is 0 Å². The van der Waals surface area contributed by atoms with Crippen molar-refractivity contribution in [1.82, 2.24) is 9.88 Å². The zero-order valence-corrected chi connectivity index (χ0v) is 13.0. The van der Waals surface area contributed by atoms with Crippen molar-refractivity contribution in [2.45, 2.75) is 25.4 Å². The van der Waals surface area contributed by atoms with E-state index in [9.17, 15) is 9.59 Å². The van der Waals surface area contributed by atoms with E-state index < -0.39 is 5.63 Å². The highest BCUT2D eigenvalue weighted by Crippen LogP contribution is 2.29. The first-order valence-corrected chi connectivity index (χ1v) is 7.96. The lowest BCUT2D eigenvalue weighted by Crippen LogP contribution is -2.35. The van der Waals surface area contributed by atoms with Crippen LogP contribution in [0, 0.1) is 0 Å². The molecule has 0 atom stereocenters. The summed E-state index contributed by atoms with van der Waals surface area (Å²) in [7, 11) is 0. The molecule has 0 unspecified atom stereocenters. The van der Waals surface area contributed by atoms with E-state index in [1.54, 1.807) is 29.3 Å². The second-order valence-electron chi connectivity index (χ2n) is 5.97. The average molecular weight is 320 g/mol.